The van der Waals surface area contributed by atoms with Gasteiger partial charge >= 0.3 is 0 Å². The van der Waals surface area contributed by atoms with Crippen molar-refractivity contribution in [1.29, 1.82) is 0 Å². The molecule has 0 amide bonds. The Hall–Kier alpha value is -0.930. The summed E-state index contributed by atoms with van der Waals surface area (Å²) in [7, 11) is 0. The second-order valence-corrected chi connectivity index (χ2v) is 3.31. The Labute approximate surface area is 71.5 Å². The van der Waals surface area contributed by atoms with Crippen molar-refractivity contribution in [2.75, 3.05) is 6.61 Å². The van der Waals surface area contributed by atoms with Crippen LogP contribution >= 0.6 is 0 Å². The summed E-state index contributed by atoms with van der Waals surface area (Å²) >= 11 is 0. The van der Waals surface area contributed by atoms with Gasteiger partial charge < -0.3 is 4.84 Å². The molecule has 0 saturated heterocycles. The molecule has 1 saturated carbocycles. The van der Waals surface area contributed by atoms with Crippen LogP contribution < -0.4 is 5.90 Å². The van der Waals surface area contributed by atoms with Crippen molar-refractivity contribution in [3.63, 3.8) is 0 Å². The molecule has 1 fully saturated rings. The fraction of sp³-hybridized carbons (Fsp3) is 0.444. The highest BCUT2D eigenvalue weighted by Crippen LogP contribution is 2.46. The highest BCUT2D eigenvalue weighted by Gasteiger charge is 2.45. The van der Waals surface area contributed by atoms with Crippen molar-refractivity contribution in [3.05, 3.63) is 30.1 Å². The molecule has 0 aliphatic heterocycles. The van der Waals surface area contributed by atoms with Gasteiger partial charge in [0.2, 0.25) is 0 Å². The Kier molecular flexibility index (Phi) is 1.83. The van der Waals surface area contributed by atoms with Crippen LogP contribution in [0, 0.1) is 0 Å². The molecule has 0 bridgehead atoms. The molecular formula is C9H12N2O. The first-order valence-electron chi connectivity index (χ1n) is 4.11. The molecule has 0 unspecified atom stereocenters. The maximum Gasteiger partial charge on any atom is 0.0791 e. The van der Waals surface area contributed by atoms with Crippen LogP contribution in [0.1, 0.15) is 18.5 Å². The molecule has 64 valence electrons. The summed E-state index contributed by atoms with van der Waals surface area (Å²) in [6.07, 6.45) is 4.09. The number of nitrogens with zero attached hydrogens (tertiary/aromatic N) is 1. The summed E-state index contributed by atoms with van der Waals surface area (Å²) in [4.78, 5) is 8.98. The van der Waals surface area contributed by atoms with Crippen LogP contribution in [0.25, 0.3) is 0 Å². The highest BCUT2D eigenvalue weighted by atomic mass is 16.6. The van der Waals surface area contributed by atoms with Crippen LogP contribution in [0.15, 0.2) is 24.4 Å². The minimum atomic E-state index is 0.135. The molecule has 12 heavy (non-hydrogen) atoms. The third kappa shape index (κ3) is 1.21. The van der Waals surface area contributed by atoms with Gasteiger partial charge in [0.25, 0.3) is 0 Å². The van der Waals surface area contributed by atoms with Gasteiger partial charge in [-0.1, -0.05) is 6.07 Å². The van der Waals surface area contributed by atoms with Gasteiger partial charge in [-0.3, -0.25) is 4.98 Å². The lowest BCUT2D eigenvalue weighted by atomic mass is 10.0. The van der Waals surface area contributed by atoms with Gasteiger partial charge in [0.05, 0.1) is 6.61 Å². The Balaban J connectivity index is 2.19. The number of nitrogens with two attached hydrogens (primary N) is 1. The quantitative estimate of drug-likeness (QED) is 0.678. The molecule has 0 aromatic carbocycles. The zero-order valence-electron chi connectivity index (χ0n) is 6.86. The van der Waals surface area contributed by atoms with Crippen LogP contribution in [0.4, 0.5) is 0 Å². The van der Waals surface area contributed by atoms with Crippen LogP contribution in [0.3, 0.4) is 0 Å². The molecule has 1 aromatic heterocycles. The molecular weight excluding hydrogens is 152 g/mol. The number of hydrogen-bond acceptors (Lipinski definition) is 3. The van der Waals surface area contributed by atoms with E-state index in [-0.39, 0.29) is 5.41 Å². The van der Waals surface area contributed by atoms with E-state index in [1.807, 2.05) is 24.4 Å². The first-order chi connectivity index (χ1) is 5.87. The molecule has 1 aliphatic rings. The van der Waals surface area contributed by atoms with E-state index in [0.717, 1.165) is 18.5 Å². The van der Waals surface area contributed by atoms with Crippen LogP contribution in [-0.2, 0) is 10.3 Å². The fourth-order valence-electron chi connectivity index (χ4n) is 1.46. The summed E-state index contributed by atoms with van der Waals surface area (Å²) in [5, 5.41) is 0. The zero-order chi connectivity index (χ0) is 8.44. The lowest BCUT2D eigenvalue weighted by Crippen LogP contribution is -2.19. The van der Waals surface area contributed by atoms with Crippen molar-refractivity contribution in [1.82, 2.24) is 4.98 Å². The maximum atomic E-state index is 5.06. The van der Waals surface area contributed by atoms with Gasteiger partial charge in [0, 0.05) is 17.3 Å². The molecule has 1 heterocycles. The van der Waals surface area contributed by atoms with Gasteiger partial charge in [0.1, 0.15) is 0 Å². The van der Waals surface area contributed by atoms with Gasteiger partial charge in [-0.25, -0.2) is 5.90 Å². The average molecular weight is 164 g/mol. The minimum absolute atomic E-state index is 0.135. The third-order valence-corrected chi connectivity index (χ3v) is 2.42. The molecule has 2 N–H and O–H groups in total. The number of aromatic nitrogens is 1. The van der Waals surface area contributed by atoms with Crippen molar-refractivity contribution in [2.45, 2.75) is 18.3 Å². The molecule has 3 nitrogen and oxygen atoms in total. The van der Waals surface area contributed by atoms with E-state index in [1.165, 1.54) is 0 Å². The smallest absolute Gasteiger partial charge is 0.0791 e. The van der Waals surface area contributed by atoms with Crippen LogP contribution in [-0.4, -0.2) is 11.6 Å². The van der Waals surface area contributed by atoms with Crippen molar-refractivity contribution in [2.24, 2.45) is 5.90 Å². The predicted octanol–water partition coefficient (Wildman–Crippen LogP) is 1.00. The van der Waals surface area contributed by atoms with Gasteiger partial charge in [-0.2, -0.15) is 0 Å². The molecule has 0 spiro atoms. The molecule has 2 rings (SSSR count). The molecule has 0 radical (unpaired) electrons. The SMILES string of the molecule is NOCC1(c2ccccn2)CC1. The molecule has 3 heteroatoms. The lowest BCUT2D eigenvalue weighted by Gasteiger charge is -2.11. The van der Waals surface area contributed by atoms with E-state index >= 15 is 0 Å². The largest absolute Gasteiger partial charge is 0.304 e. The summed E-state index contributed by atoms with van der Waals surface area (Å²) in [5.74, 6) is 5.06. The topological polar surface area (TPSA) is 48.1 Å². The predicted molar refractivity (Wildman–Crippen MR) is 45.3 cm³/mol. The summed E-state index contributed by atoms with van der Waals surface area (Å²) < 4.78 is 0. The number of rotatable bonds is 3. The van der Waals surface area contributed by atoms with Crippen LogP contribution in [0.2, 0.25) is 0 Å². The maximum absolute atomic E-state index is 5.06. The minimum Gasteiger partial charge on any atom is -0.304 e. The van der Waals surface area contributed by atoms with Gasteiger partial charge in [-0.05, 0) is 25.0 Å². The van der Waals surface area contributed by atoms with Gasteiger partial charge in [0.15, 0.2) is 0 Å². The lowest BCUT2D eigenvalue weighted by molar-refractivity contribution is 0.115. The van der Waals surface area contributed by atoms with E-state index in [9.17, 15) is 0 Å². The second-order valence-electron chi connectivity index (χ2n) is 3.31. The van der Waals surface area contributed by atoms with E-state index in [0.29, 0.717) is 6.61 Å². The van der Waals surface area contributed by atoms with Crippen molar-refractivity contribution in [3.8, 4) is 0 Å². The average Bonchev–Trinajstić information content (AvgIpc) is 2.88. The summed E-state index contributed by atoms with van der Waals surface area (Å²) in [5.41, 5.74) is 1.24. The van der Waals surface area contributed by atoms with E-state index in [4.69, 9.17) is 5.90 Å². The van der Waals surface area contributed by atoms with E-state index < -0.39 is 0 Å². The number of pyridine rings is 1. The molecule has 1 aliphatic carbocycles. The Morgan fingerprint density at radius 1 is 1.50 bits per heavy atom. The normalized spacial score (nSPS) is 19.1. The van der Waals surface area contributed by atoms with Gasteiger partial charge in [-0.15, -0.1) is 0 Å². The monoisotopic (exact) mass is 164 g/mol. The standard InChI is InChI=1S/C9H12N2O/c10-12-7-9(4-5-9)8-3-1-2-6-11-8/h1-3,6H,4-5,7,10H2. The summed E-state index contributed by atoms with van der Waals surface area (Å²) in [6, 6.07) is 5.95. The van der Waals surface area contributed by atoms with E-state index in [1.54, 1.807) is 0 Å². The fourth-order valence-corrected chi connectivity index (χ4v) is 1.46. The van der Waals surface area contributed by atoms with Crippen molar-refractivity contribution < 1.29 is 4.84 Å². The molecule has 0 atom stereocenters. The first kappa shape index (κ1) is 7.71. The van der Waals surface area contributed by atoms with Crippen molar-refractivity contribution >= 4 is 0 Å². The van der Waals surface area contributed by atoms with Crippen LogP contribution in [0.5, 0.6) is 0 Å². The highest BCUT2D eigenvalue weighted by molar-refractivity contribution is 5.24. The Morgan fingerprint density at radius 2 is 2.33 bits per heavy atom. The first-order valence-corrected chi connectivity index (χ1v) is 4.11. The third-order valence-electron chi connectivity index (χ3n) is 2.42. The van der Waals surface area contributed by atoms with E-state index in [2.05, 4.69) is 9.82 Å². The zero-order valence-corrected chi connectivity index (χ0v) is 6.86. The molecule has 1 aromatic rings. The summed E-state index contributed by atoms with van der Waals surface area (Å²) in [6.45, 7) is 0.587. The Bertz CT molecular complexity index is 256. The Morgan fingerprint density at radius 3 is 2.83 bits per heavy atom. The number of hydrogen-bond donors (Lipinski definition) is 1. The second kappa shape index (κ2) is 2.84.